The van der Waals surface area contributed by atoms with E-state index in [0.29, 0.717) is 27.2 Å². The van der Waals surface area contributed by atoms with Crippen LogP contribution in [0.3, 0.4) is 0 Å². The Morgan fingerprint density at radius 3 is 2.59 bits per heavy atom. The summed E-state index contributed by atoms with van der Waals surface area (Å²) in [6.45, 7) is 3.34. The van der Waals surface area contributed by atoms with E-state index in [1.807, 2.05) is 25.1 Å². The molecule has 0 aliphatic heterocycles. The minimum absolute atomic E-state index is 0.0121. The van der Waals surface area contributed by atoms with Gasteiger partial charge in [0.05, 0.1) is 17.1 Å². The van der Waals surface area contributed by atoms with E-state index < -0.39 is 5.91 Å². The number of para-hydroxylation sites is 1. The Hall–Kier alpha value is -2.57. The molecule has 0 radical (unpaired) electrons. The number of nitrogens with zero attached hydrogens (tertiary/aromatic N) is 1. The number of anilines is 1. The van der Waals surface area contributed by atoms with E-state index in [-0.39, 0.29) is 18.9 Å². The highest BCUT2D eigenvalue weighted by Gasteiger charge is 2.09. The quantitative estimate of drug-likeness (QED) is 0.532. The molecular formula is C19H19Cl2N3O3. The van der Waals surface area contributed by atoms with Gasteiger partial charge >= 0.3 is 0 Å². The predicted molar refractivity (Wildman–Crippen MR) is 108 cm³/mol. The first-order valence-electron chi connectivity index (χ1n) is 8.10. The van der Waals surface area contributed by atoms with Gasteiger partial charge in [0.2, 0.25) is 5.91 Å². The van der Waals surface area contributed by atoms with E-state index >= 15 is 0 Å². The second-order valence-electron chi connectivity index (χ2n) is 5.79. The number of ether oxygens (including phenoxy) is 1. The van der Waals surface area contributed by atoms with Gasteiger partial charge < -0.3 is 10.1 Å². The average Bonchev–Trinajstić information content (AvgIpc) is 2.62. The Bertz CT molecular complexity index is 869. The fourth-order valence-corrected chi connectivity index (χ4v) is 2.45. The van der Waals surface area contributed by atoms with Gasteiger partial charge in [-0.25, -0.2) is 5.43 Å². The van der Waals surface area contributed by atoms with Gasteiger partial charge in [-0.15, -0.1) is 0 Å². The Morgan fingerprint density at radius 2 is 1.85 bits per heavy atom. The topological polar surface area (TPSA) is 79.8 Å². The largest absolute Gasteiger partial charge is 0.483 e. The molecule has 2 aromatic rings. The third kappa shape index (κ3) is 6.92. The minimum atomic E-state index is -0.420. The number of aryl methyl sites for hydroxylation is 1. The molecule has 2 amide bonds. The Balaban J connectivity index is 1.81. The first-order valence-corrected chi connectivity index (χ1v) is 8.86. The van der Waals surface area contributed by atoms with Crippen LogP contribution in [-0.2, 0) is 9.59 Å². The molecule has 0 saturated heterocycles. The zero-order chi connectivity index (χ0) is 19.8. The highest BCUT2D eigenvalue weighted by atomic mass is 35.5. The molecule has 8 heteroatoms. The van der Waals surface area contributed by atoms with Gasteiger partial charge in [-0.05, 0) is 43.7 Å². The maximum atomic E-state index is 12.0. The van der Waals surface area contributed by atoms with Gasteiger partial charge in [-0.1, -0.05) is 41.4 Å². The molecule has 0 unspecified atom stereocenters. The van der Waals surface area contributed by atoms with Crippen molar-refractivity contribution in [2.45, 2.75) is 20.3 Å². The molecule has 2 aromatic carbocycles. The number of rotatable bonds is 7. The molecule has 2 rings (SSSR count). The summed E-state index contributed by atoms with van der Waals surface area (Å²) in [5.74, 6) is -0.118. The number of benzene rings is 2. The highest BCUT2D eigenvalue weighted by Crippen LogP contribution is 2.25. The van der Waals surface area contributed by atoms with Crippen molar-refractivity contribution in [3.05, 3.63) is 58.1 Å². The Labute approximate surface area is 167 Å². The lowest BCUT2D eigenvalue weighted by atomic mass is 10.2. The summed E-state index contributed by atoms with van der Waals surface area (Å²) in [4.78, 5) is 23.9. The van der Waals surface area contributed by atoms with Gasteiger partial charge in [0, 0.05) is 10.7 Å². The molecule has 0 aromatic heterocycles. The van der Waals surface area contributed by atoms with Crippen LogP contribution in [0.4, 0.5) is 5.69 Å². The van der Waals surface area contributed by atoms with Crippen molar-refractivity contribution in [1.29, 1.82) is 0 Å². The molecule has 0 bridgehead atoms. The molecular weight excluding hydrogens is 389 g/mol. The standard InChI is InChI=1S/C19H19Cl2N3O3/c1-12-5-3-4-6-17(12)27-11-19(26)24-23-13(2)9-18(25)22-16-10-14(20)7-8-15(16)21/h3-8,10H,9,11H2,1-2H3,(H,22,25)(H,24,26). The van der Waals surface area contributed by atoms with Crippen LogP contribution in [0.2, 0.25) is 10.0 Å². The van der Waals surface area contributed by atoms with E-state index in [1.165, 1.54) is 0 Å². The fourth-order valence-electron chi connectivity index (χ4n) is 2.11. The van der Waals surface area contributed by atoms with Crippen LogP contribution in [0.5, 0.6) is 5.75 Å². The molecule has 0 spiro atoms. The third-order valence-electron chi connectivity index (χ3n) is 3.44. The van der Waals surface area contributed by atoms with Gasteiger partial charge in [-0.2, -0.15) is 5.10 Å². The average molecular weight is 408 g/mol. The lowest BCUT2D eigenvalue weighted by Gasteiger charge is -2.09. The van der Waals surface area contributed by atoms with Crippen LogP contribution in [0.1, 0.15) is 18.9 Å². The van der Waals surface area contributed by atoms with Crippen LogP contribution in [-0.4, -0.2) is 24.1 Å². The van der Waals surface area contributed by atoms with Crippen molar-refractivity contribution < 1.29 is 14.3 Å². The summed E-state index contributed by atoms with van der Waals surface area (Å²) in [6.07, 6.45) is -0.0121. The van der Waals surface area contributed by atoms with E-state index in [1.54, 1.807) is 31.2 Å². The Kier molecular flexibility index (Phi) is 7.64. The van der Waals surface area contributed by atoms with Gasteiger partial charge in [0.1, 0.15) is 5.75 Å². The van der Waals surface area contributed by atoms with Gasteiger partial charge in [0.25, 0.3) is 5.91 Å². The predicted octanol–water partition coefficient (Wildman–Crippen LogP) is 4.20. The smallest absolute Gasteiger partial charge is 0.277 e. The van der Waals surface area contributed by atoms with Crippen LogP contribution in [0, 0.1) is 6.92 Å². The second kappa shape index (κ2) is 9.94. The van der Waals surface area contributed by atoms with Crippen molar-refractivity contribution in [1.82, 2.24) is 5.43 Å². The zero-order valence-electron chi connectivity index (χ0n) is 14.9. The van der Waals surface area contributed by atoms with E-state index in [2.05, 4.69) is 15.8 Å². The fraction of sp³-hybridized carbons (Fsp3) is 0.211. The number of amides is 2. The summed E-state index contributed by atoms with van der Waals surface area (Å²) in [6, 6.07) is 12.2. The van der Waals surface area contributed by atoms with Crippen LogP contribution >= 0.6 is 23.2 Å². The molecule has 0 aliphatic rings. The van der Waals surface area contributed by atoms with Crippen molar-refractivity contribution in [2.24, 2.45) is 5.10 Å². The maximum Gasteiger partial charge on any atom is 0.277 e. The van der Waals surface area contributed by atoms with Crippen molar-refractivity contribution in [3.63, 3.8) is 0 Å². The van der Waals surface area contributed by atoms with Crippen molar-refractivity contribution >= 4 is 46.4 Å². The molecule has 142 valence electrons. The number of nitrogens with one attached hydrogen (secondary N) is 2. The lowest BCUT2D eigenvalue weighted by molar-refractivity contribution is -0.123. The normalized spacial score (nSPS) is 11.0. The summed E-state index contributed by atoms with van der Waals surface area (Å²) < 4.78 is 5.43. The zero-order valence-corrected chi connectivity index (χ0v) is 16.4. The molecule has 0 fully saturated rings. The van der Waals surface area contributed by atoms with Gasteiger partial charge in [0.15, 0.2) is 6.61 Å². The number of carbonyl (C=O) groups excluding carboxylic acids is 2. The summed E-state index contributed by atoms with van der Waals surface area (Å²) >= 11 is 11.9. The summed E-state index contributed by atoms with van der Waals surface area (Å²) in [7, 11) is 0. The third-order valence-corrected chi connectivity index (χ3v) is 4.01. The first kappa shape index (κ1) is 20.7. The molecule has 0 aliphatic carbocycles. The minimum Gasteiger partial charge on any atom is -0.483 e. The second-order valence-corrected chi connectivity index (χ2v) is 6.63. The van der Waals surface area contributed by atoms with Crippen molar-refractivity contribution in [3.8, 4) is 5.75 Å². The van der Waals surface area contributed by atoms with E-state index in [0.717, 1.165) is 5.56 Å². The van der Waals surface area contributed by atoms with Gasteiger partial charge in [-0.3, -0.25) is 9.59 Å². The highest BCUT2D eigenvalue weighted by molar-refractivity contribution is 6.35. The molecule has 2 N–H and O–H groups in total. The Morgan fingerprint density at radius 1 is 1.11 bits per heavy atom. The van der Waals surface area contributed by atoms with Crippen LogP contribution in [0.25, 0.3) is 0 Å². The maximum absolute atomic E-state index is 12.0. The van der Waals surface area contributed by atoms with E-state index in [4.69, 9.17) is 27.9 Å². The molecule has 0 saturated carbocycles. The lowest BCUT2D eigenvalue weighted by Crippen LogP contribution is -2.26. The number of halogens is 2. The number of carbonyl (C=O) groups is 2. The summed E-state index contributed by atoms with van der Waals surface area (Å²) in [5.41, 5.74) is 4.13. The molecule has 0 heterocycles. The van der Waals surface area contributed by atoms with Crippen LogP contribution in [0.15, 0.2) is 47.6 Å². The number of hydrazone groups is 1. The van der Waals surface area contributed by atoms with Crippen LogP contribution < -0.4 is 15.5 Å². The molecule has 6 nitrogen and oxygen atoms in total. The molecule has 0 atom stereocenters. The van der Waals surface area contributed by atoms with Crippen molar-refractivity contribution in [2.75, 3.05) is 11.9 Å². The monoisotopic (exact) mass is 407 g/mol. The SMILES string of the molecule is CC(CC(=O)Nc1cc(Cl)ccc1Cl)=NNC(=O)COc1ccccc1C. The number of hydrogen-bond acceptors (Lipinski definition) is 4. The summed E-state index contributed by atoms with van der Waals surface area (Å²) in [5, 5.41) is 7.38. The number of hydrogen-bond donors (Lipinski definition) is 2. The first-order chi connectivity index (χ1) is 12.8. The van der Waals surface area contributed by atoms with E-state index in [9.17, 15) is 9.59 Å². The molecule has 27 heavy (non-hydrogen) atoms.